The Morgan fingerprint density at radius 2 is 1.67 bits per heavy atom. The molecule has 0 bridgehead atoms. The maximum Gasteiger partial charge on any atom is 0.263 e. The predicted octanol–water partition coefficient (Wildman–Crippen LogP) is 2.09. The van der Waals surface area contributed by atoms with Crippen molar-refractivity contribution in [1.29, 1.82) is 5.26 Å². The first-order chi connectivity index (χ1) is 8.72. The van der Waals surface area contributed by atoms with Crippen LogP contribution in [0.2, 0.25) is 0 Å². The van der Waals surface area contributed by atoms with Crippen LogP contribution in [0.25, 0.3) is 0 Å². The van der Waals surface area contributed by atoms with Crippen molar-refractivity contribution in [2.24, 2.45) is 0 Å². The Hall–Kier alpha value is -1.51. The molecule has 5 heteroatoms. The zero-order chi connectivity index (χ0) is 13.0. The van der Waals surface area contributed by atoms with Crippen molar-refractivity contribution in [3.8, 4) is 6.07 Å². The summed E-state index contributed by atoms with van der Waals surface area (Å²) in [5.74, 6) is 0. The van der Waals surface area contributed by atoms with Gasteiger partial charge in [-0.15, -0.1) is 0 Å². The summed E-state index contributed by atoms with van der Waals surface area (Å²) < 4.78 is 24.9. The van der Waals surface area contributed by atoms with E-state index in [0.29, 0.717) is 0 Å². The highest BCUT2D eigenvalue weighted by atomic mass is 19.3. The Balaban J connectivity index is 2.14. The Bertz CT molecular complexity index is 419. The molecule has 0 radical (unpaired) electrons. The van der Waals surface area contributed by atoms with E-state index in [1.54, 1.807) is 12.1 Å². The van der Waals surface area contributed by atoms with Crippen LogP contribution in [-0.2, 0) is 0 Å². The molecular weight excluding hydrogens is 236 g/mol. The lowest BCUT2D eigenvalue weighted by Crippen LogP contribution is -2.44. The zero-order valence-electron chi connectivity index (χ0n) is 9.94. The van der Waals surface area contributed by atoms with Gasteiger partial charge in [0.1, 0.15) is 6.04 Å². The second kappa shape index (κ2) is 5.89. The zero-order valence-corrected chi connectivity index (χ0v) is 9.94. The van der Waals surface area contributed by atoms with Gasteiger partial charge in [-0.05, 0) is 5.56 Å². The number of piperazine rings is 1. The number of nitriles is 1. The highest BCUT2D eigenvalue weighted by Gasteiger charge is 2.21. The van der Waals surface area contributed by atoms with Crippen molar-refractivity contribution >= 4 is 0 Å². The van der Waals surface area contributed by atoms with Crippen molar-refractivity contribution < 1.29 is 8.78 Å². The van der Waals surface area contributed by atoms with Gasteiger partial charge in [0, 0.05) is 31.7 Å². The predicted molar refractivity (Wildman–Crippen MR) is 64.2 cm³/mol. The van der Waals surface area contributed by atoms with Crippen LogP contribution in [0.15, 0.2) is 24.3 Å². The third-order valence-electron chi connectivity index (χ3n) is 3.14. The van der Waals surface area contributed by atoms with Crippen molar-refractivity contribution in [3.63, 3.8) is 0 Å². The van der Waals surface area contributed by atoms with Crippen molar-refractivity contribution in [1.82, 2.24) is 10.2 Å². The third kappa shape index (κ3) is 2.84. The molecular formula is C13H15F2N3. The Kier molecular flexibility index (Phi) is 4.24. The molecule has 1 unspecified atom stereocenters. The van der Waals surface area contributed by atoms with Gasteiger partial charge >= 0.3 is 0 Å². The summed E-state index contributed by atoms with van der Waals surface area (Å²) in [7, 11) is 0. The average molecular weight is 251 g/mol. The molecule has 96 valence electrons. The van der Waals surface area contributed by atoms with E-state index < -0.39 is 6.43 Å². The molecule has 1 aromatic rings. The van der Waals surface area contributed by atoms with Gasteiger partial charge in [-0.2, -0.15) is 5.26 Å². The molecule has 1 aromatic carbocycles. The lowest BCUT2D eigenvalue weighted by atomic mass is 10.0. The van der Waals surface area contributed by atoms with E-state index in [0.717, 1.165) is 31.7 Å². The maximum absolute atomic E-state index is 12.5. The molecule has 1 N–H and O–H groups in total. The first-order valence-electron chi connectivity index (χ1n) is 5.95. The number of nitrogens with one attached hydrogen (secondary N) is 1. The normalized spacial score (nSPS) is 18.6. The summed E-state index contributed by atoms with van der Waals surface area (Å²) in [6.07, 6.45) is -2.46. The minimum absolute atomic E-state index is 0.00393. The van der Waals surface area contributed by atoms with Crippen LogP contribution in [0.5, 0.6) is 0 Å². The number of hydrogen-bond acceptors (Lipinski definition) is 3. The second-order valence-electron chi connectivity index (χ2n) is 4.28. The SMILES string of the molecule is N#CC(c1ccc(C(F)F)cc1)N1CCNCC1. The fraction of sp³-hybridized carbons (Fsp3) is 0.462. The summed E-state index contributed by atoms with van der Waals surface area (Å²) in [4.78, 5) is 2.06. The van der Waals surface area contributed by atoms with Crippen LogP contribution in [0.3, 0.4) is 0 Å². The highest BCUT2D eigenvalue weighted by molar-refractivity contribution is 5.29. The monoisotopic (exact) mass is 251 g/mol. The molecule has 1 atom stereocenters. The van der Waals surface area contributed by atoms with Gasteiger partial charge in [0.2, 0.25) is 0 Å². The second-order valence-corrected chi connectivity index (χ2v) is 4.28. The number of benzene rings is 1. The molecule has 3 nitrogen and oxygen atoms in total. The number of alkyl halides is 2. The minimum Gasteiger partial charge on any atom is -0.314 e. The topological polar surface area (TPSA) is 39.1 Å². The summed E-state index contributed by atoms with van der Waals surface area (Å²) in [6, 6.07) is 7.93. The molecule has 1 aliphatic rings. The first-order valence-corrected chi connectivity index (χ1v) is 5.95. The first kappa shape index (κ1) is 12.9. The molecule has 18 heavy (non-hydrogen) atoms. The van der Waals surface area contributed by atoms with Gasteiger partial charge in [0.15, 0.2) is 0 Å². The van der Waals surface area contributed by atoms with Crippen LogP contribution in [0, 0.1) is 11.3 Å². The van der Waals surface area contributed by atoms with Gasteiger partial charge in [0.25, 0.3) is 6.43 Å². The van der Waals surface area contributed by atoms with E-state index >= 15 is 0 Å². The maximum atomic E-state index is 12.5. The third-order valence-corrected chi connectivity index (χ3v) is 3.14. The molecule has 1 aliphatic heterocycles. The summed E-state index contributed by atoms with van der Waals surface area (Å²) in [5, 5.41) is 12.5. The molecule has 0 spiro atoms. The molecule has 2 rings (SSSR count). The largest absolute Gasteiger partial charge is 0.314 e. The number of halogens is 2. The summed E-state index contributed by atoms with van der Waals surface area (Å²) in [5.41, 5.74) is 0.777. The molecule has 0 aromatic heterocycles. The van der Waals surface area contributed by atoms with Gasteiger partial charge < -0.3 is 5.32 Å². The Morgan fingerprint density at radius 1 is 1.11 bits per heavy atom. The fourth-order valence-corrected chi connectivity index (χ4v) is 2.13. The van der Waals surface area contributed by atoms with E-state index in [4.69, 9.17) is 0 Å². The standard InChI is InChI=1S/C13H15F2N3/c14-13(15)11-3-1-10(2-4-11)12(9-16)18-7-5-17-6-8-18/h1-4,12-13,17H,5-8H2. The van der Waals surface area contributed by atoms with E-state index in [1.807, 2.05) is 0 Å². The van der Waals surface area contributed by atoms with Crippen molar-refractivity contribution in [3.05, 3.63) is 35.4 Å². The Morgan fingerprint density at radius 3 is 2.17 bits per heavy atom. The van der Waals surface area contributed by atoms with Gasteiger partial charge in [-0.3, -0.25) is 4.90 Å². The van der Waals surface area contributed by atoms with Gasteiger partial charge in [-0.25, -0.2) is 8.78 Å². The highest BCUT2D eigenvalue weighted by Crippen LogP contribution is 2.24. The lowest BCUT2D eigenvalue weighted by molar-refractivity contribution is 0.151. The molecule has 1 heterocycles. The molecule has 0 amide bonds. The number of nitrogens with zero attached hydrogens (tertiary/aromatic N) is 2. The molecule has 1 fully saturated rings. The summed E-state index contributed by atoms with van der Waals surface area (Å²) >= 11 is 0. The van der Waals surface area contributed by atoms with E-state index in [9.17, 15) is 14.0 Å². The van der Waals surface area contributed by atoms with E-state index in [2.05, 4.69) is 16.3 Å². The summed E-state index contributed by atoms with van der Waals surface area (Å²) in [6.45, 7) is 3.31. The molecule has 1 saturated heterocycles. The van der Waals surface area contributed by atoms with Crippen LogP contribution < -0.4 is 5.32 Å². The van der Waals surface area contributed by atoms with Crippen molar-refractivity contribution in [2.45, 2.75) is 12.5 Å². The Labute approximate surface area is 105 Å². The quantitative estimate of drug-likeness (QED) is 0.894. The smallest absolute Gasteiger partial charge is 0.263 e. The number of rotatable bonds is 3. The van der Waals surface area contributed by atoms with Gasteiger partial charge in [-0.1, -0.05) is 24.3 Å². The van der Waals surface area contributed by atoms with Crippen LogP contribution in [0.4, 0.5) is 8.78 Å². The molecule has 0 saturated carbocycles. The van der Waals surface area contributed by atoms with E-state index in [1.165, 1.54) is 12.1 Å². The lowest BCUT2D eigenvalue weighted by Gasteiger charge is -2.31. The van der Waals surface area contributed by atoms with Crippen molar-refractivity contribution in [2.75, 3.05) is 26.2 Å². The van der Waals surface area contributed by atoms with Gasteiger partial charge in [0.05, 0.1) is 6.07 Å². The van der Waals surface area contributed by atoms with Crippen LogP contribution in [-0.4, -0.2) is 31.1 Å². The van der Waals surface area contributed by atoms with Crippen LogP contribution in [0.1, 0.15) is 23.6 Å². The fourth-order valence-electron chi connectivity index (χ4n) is 2.13. The van der Waals surface area contributed by atoms with Crippen LogP contribution >= 0.6 is 0 Å². The minimum atomic E-state index is -2.46. The molecule has 0 aliphatic carbocycles. The average Bonchev–Trinajstić information content (AvgIpc) is 2.41. The number of hydrogen-bond donors (Lipinski definition) is 1. The van der Waals surface area contributed by atoms with E-state index in [-0.39, 0.29) is 11.6 Å².